The molecule has 19 heavy (non-hydrogen) atoms. The standard InChI is InChI=1S/C10H13N3O6/c1-4(14)17-8-6-3-16-10(19-6)7(12-13-11)9(8)18-5(2)15/h6-10H,3H2,1-2H3/t6-,7?,8-,9-,10-/m1/s1. The first kappa shape index (κ1) is 13.6. The van der Waals surface area contributed by atoms with Gasteiger partial charge in [0.05, 0.1) is 6.61 Å². The van der Waals surface area contributed by atoms with Crippen molar-refractivity contribution in [1.82, 2.24) is 0 Å². The molecule has 0 aromatic rings. The minimum atomic E-state index is -0.913. The van der Waals surface area contributed by atoms with Crippen LogP contribution in [0.1, 0.15) is 13.8 Å². The molecule has 0 amide bonds. The lowest BCUT2D eigenvalue weighted by molar-refractivity contribution is -0.209. The van der Waals surface area contributed by atoms with E-state index in [0.717, 1.165) is 0 Å². The zero-order valence-electron chi connectivity index (χ0n) is 10.4. The largest absolute Gasteiger partial charge is 0.458 e. The van der Waals surface area contributed by atoms with E-state index in [1.165, 1.54) is 13.8 Å². The third-order valence-corrected chi connectivity index (χ3v) is 2.83. The van der Waals surface area contributed by atoms with E-state index in [2.05, 4.69) is 10.0 Å². The van der Waals surface area contributed by atoms with Crippen molar-refractivity contribution in [3.8, 4) is 0 Å². The third kappa shape index (κ3) is 2.78. The van der Waals surface area contributed by atoms with Gasteiger partial charge >= 0.3 is 11.9 Å². The molecule has 0 N–H and O–H groups in total. The van der Waals surface area contributed by atoms with Crippen molar-refractivity contribution in [2.45, 2.75) is 44.5 Å². The summed E-state index contributed by atoms with van der Waals surface area (Å²) in [5.41, 5.74) is 8.56. The van der Waals surface area contributed by atoms with Crippen molar-refractivity contribution in [3.63, 3.8) is 0 Å². The normalized spacial score (nSPS) is 36.2. The molecule has 2 heterocycles. The van der Waals surface area contributed by atoms with Crippen molar-refractivity contribution in [2.75, 3.05) is 6.61 Å². The van der Waals surface area contributed by atoms with Gasteiger partial charge in [-0.1, -0.05) is 5.11 Å². The Hall–Kier alpha value is -1.83. The Balaban J connectivity index is 2.28. The Kier molecular flexibility index (Phi) is 3.89. The Morgan fingerprint density at radius 1 is 1.26 bits per heavy atom. The molecular formula is C10H13N3O6. The second kappa shape index (κ2) is 5.43. The molecule has 0 saturated carbocycles. The van der Waals surface area contributed by atoms with E-state index >= 15 is 0 Å². The monoisotopic (exact) mass is 271 g/mol. The fraction of sp³-hybridized carbons (Fsp3) is 0.800. The van der Waals surface area contributed by atoms with Gasteiger partial charge in [0.15, 0.2) is 18.5 Å². The number of ether oxygens (including phenoxy) is 4. The van der Waals surface area contributed by atoms with Crippen LogP contribution in [0.5, 0.6) is 0 Å². The maximum absolute atomic E-state index is 11.1. The molecule has 104 valence electrons. The van der Waals surface area contributed by atoms with Crippen LogP contribution in [0.2, 0.25) is 0 Å². The van der Waals surface area contributed by atoms with Crippen molar-refractivity contribution < 1.29 is 28.5 Å². The summed E-state index contributed by atoms with van der Waals surface area (Å²) >= 11 is 0. The van der Waals surface area contributed by atoms with E-state index in [1.807, 2.05) is 0 Å². The first-order chi connectivity index (χ1) is 9.02. The number of hydrogen-bond donors (Lipinski definition) is 0. The van der Waals surface area contributed by atoms with Crippen LogP contribution in [-0.2, 0) is 28.5 Å². The van der Waals surface area contributed by atoms with Crippen LogP contribution in [0, 0.1) is 0 Å². The van der Waals surface area contributed by atoms with Gasteiger partial charge in [-0.25, -0.2) is 0 Å². The van der Waals surface area contributed by atoms with Gasteiger partial charge in [0.25, 0.3) is 0 Å². The molecule has 9 nitrogen and oxygen atoms in total. The Morgan fingerprint density at radius 3 is 2.47 bits per heavy atom. The maximum atomic E-state index is 11.1. The SMILES string of the molecule is CC(=O)O[C@H]1[C@H](OC(C)=O)C(N=[N+]=[N-])[C@@H]2OC[C@H]1O2. The van der Waals surface area contributed by atoms with Crippen LogP contribution >= 0.6 is 0 Å². The fourth-order valence-corrected chi connectivity index (χ4v) is 2.20. The van der Waals surface area contributed by atoms with Crippen LogP contribution in [0.25, 0.3) is 10.4 Å². The van der Waals surface area contributed by atoms with Crippen LogP contribution in [0.4, 0.5) is 0 Å². The van der Waals surface area contributed by atoms with Crippen molar-refractivity contribution in [1.29, 1.82) is 0 Å². The van der Waals surface area contributed by atoms with Crippen LogP contribution in [0.3, 0.4) is 0 Å². The molecule has 0 aromatic carbocycles. The number of fused-ring (bicyclic) bond motifs is 2. The lowest BCUT2D eigenvalue weighted by Gasteiger charge is -2.37. The molecular weight excluding hydrogens is 258 g/mol. The molecule has 0 aliphatic carbocycles. The van der Waals surface area contributed by atoms with Gasteiger partial charge in [0.2, 0.25) is 0 Å². The summed E-state index contributed by atoms with van der Waals surface area (Å²) in [7, 11) is 0. The Bertz CT molecular complexity index is 435. The first-order valence-electron chi connectivity index (χ1n) is 5.68. The maximum Gasteiger partial charge on any atom is 0.303 e. The van der Waals surface area contributed by atoms with E-state index in [0.29, 0.717) is 0 Å². The van der Waals surface area contributed by atoms with Gasteiger partial charge in [-0.15, -0.1) is 0 Å². The number of carbonyl (C=O) groups is 2. The quantitative estimate of drug-likeness (QED) is 0.315. The van der Waals surface area contributed by atoms with E-state index in [-0.39, 0.29) is 6.61 Å². The highest BCUT2D eigenvalue weighted by molar-refractivity contribution is 5.67. The smallest absolute Gasteiger partial charge is 0.303 e. The van der Waals surface area contributed by atoms with Gasteiger partial charge in [-0.2, -0.15) is 0 Å². The van der Waals surface area contributed by atoms with E-state index in [9.17, 15) is 9.59 Å². The fourth-order valence-electron chi connectivity index (χ4n) is 2.20. The number of esters is 2. The average Bonchev–Trinajstić information content (AvgIpc) is 2.74. The number of hydrogen-bond acceptors (Lipinski definition) is 7. The minimum absolute atomic E-state index is 0.178. The molecule has 2 fully saturated rings. The van der Waals surface area contributed by atoms with Gasteiger partial charge in [0.1, 0.15) is 12.1 Å². The Labute approximate surface area is 108 Å². The van der Waals surface area contributed by atoms with Crippen molar-refractivity contribution in [3.05, 3.63) is 10.4 Å². The second-order valence-corrected chi connectivity index (χ2v) is 4.22. The summed E-state index contributed by atoms with van der Waals surface area (Å²) < 4.78 is 20.9. The molecule has 1 unspecified atom stereocenters. The molecule has 2 rings (SSSR count). The van der Waals surface area contributed by atoms with E-state index in [4.69, 9.17) is 24.5 Å². The van der Waals surface area contributed by atoms with Gasteiger partial charge < -0.3 is 18.9 Å². The van der Waals surface area contributed by atoms with Gasteiger partial charge in [-0.05, 0) is 5.53 Å². The molecule has 0 aromatic heterocycles. The van der Waals surface area contributed by atoms with Crippen LogP contribution in [-0.4, -0.2) is 49.2 Å². The van der Waals surface area contributed by atoms with E-state index < -0.39 is 42.6 Å². The first-order valence-corrected chi connectivity index (χ1v) is 5.68. The number of nitrogens with zero attached hydrogens (tertiary/aromatic N) is 3. The van der Waals surface area contributed by atoms with Crippen LogP contribution in [0.15, 0.2) is 5.11 Å². The summed E-state index contributed by atoms with van der Waals surface area (Å²) in [6.07, 6.45) is -3.10. The summed E-state index contributed by atoms with van der Waals surface area (Å²) in [6, 6.07) is -0.892. The molecule has 0 radical (unpaired) electrons. The van der Waals surface area contributed by atoms with Crippen LogP contribution < -0.4 is 0 Å². The zero-order valence-corrected chi connectivity index (χ0v) is 10.4. The highest BCUT2D eigenvalue weighted by Crippen LogP contribution is 2.33. The lowest BCUT2D eigenvalue weighted by Crippen LogP contribution is -2.56. The summed E-state index contributed by atoms with van der Waals surface area (Å²) in [5.74, 6) is -1.11. The summed E-state index contributed by atoms with van der Waals surface area (Å²) in [6.45, 7) is 2.63. The highest BCUT2D eigenvalue weighted by Gasteiger charge is 2.53. The third-order valence-electron chi connectivity index (χ3n) is 2.83. The van der Waals surface area contributed by atoms with Crippen molar-refractivity contribution in [2.24, 2.45) is 5.11 Å². The predicted molar refractivity (Wildman–Crippen MR) is 58.7 cm³/mol. The summed E-state index contributed by atoms with van der Waals surface area (Å²) in [4.78, 5) is 24.9. The average molecular weight is 271 g/mol. The van der Waals surface area contributed by atoms with Crippen molar-refractivity contribution >= 4 is 11.9 Å². The molecule has 2 aliphatic rings. The van der Waals surface area contributed by atoms with E-state index in [1.54, 1.807) is 0 Å². The number of azide groups is 1. The molecule has 2 aliphatic heterocycles. The number of rotatable bonds is 3. The highest BCUT2D eigenvalue weighted by atomic mass is 16.7. The molecule has 9 heteroatoms. The second-order valence-electron chi connectivity index (χ2n) is 4.22. The molecule has 2 saturated heterocycles. The lowest BCUT2D eigenvalue weighted by atomic mass is 9.99. The molecule has 2 bridgehead atoms. The zero-order chi connectivity index (χ0) is 14.0. The minimum Gasteiger partial charge on any atom is -0.458 e. The predicted octanol–water partition coefficient (Wildman–Crippen LogP) is 0.284. The topological polar surface area (TPSA) is 120 Å². The van der Waals surface area contributed by atoms with Gasteiger partial charge in [-0.3, -0.25) is 9.59 Å². The molecule has 5 atom stereocenters. The van der Waals surface area contributed by atoms with Gasteiger partial charge in [0, 0.05) is 18.8 Å². The summed E-state index contributed by atoms with van der Waals surface area (Å²) in [5, 5.41) is 3.52. The Morgan fingerprint density at radius 2 is 1.89 bits per heavy atom. The molecule has 0 spiro atoms. The number of carbonyl (C=O) groups excluding carboxylic acids is 2.